The molecule has 1 aromatic heterocycles. The third-order valence-corrected chi connectivity index (χ3v) is 6.64. The van der Waals surface area contributed by atoms with Crippen molar-refractivity contribution in [2.24, 2.45) is 0 Å². The Balaban J connectivity index is 1.58. The summed E-state index contributed by atoms with van der Waals surface area (Å²) in [5.74, 6) is 1.26. The predicted octanol–water partition coefficient (Wildman–Crippen LogP) is 4.65. The molecule has 2 aliphatic rings. The SMILES string of the molecule is CCSC1CCC(NC2CCc3sc(Cl)cc32)C1. The van der Waals surface area contributed by atoms with Gasteiger partial charge in [-0.25, -0.2) is 0 Å². The summed E-state index contributed by atoms with van der Waals surface area (Å²) in [4.78, 5) is 1.51. The first-order chi connectivity index (χ1) is 8.76. The van der Waals surface area contributed by atoms with Crippen LogP contribution >= 0.6 is 34.7 Å². The van der Waals surface area contributed by atoms with Gasteiger partial charge in [-0.3, -0.25) is 0 Å². The van der Waals surface area contributed by atoms with E-state index in [2.05, 4.69) is 30.1 Å². The number of aryl methyl sites for hydroxylation is 1. The second-order valence-electron chi connectivity index (χ2n) is 5.27. The summed E-state index contributed by atoms with van der Waals surface area (Å²) in [7, 11) is 0. The van der Waals surface area contributed by atoms with Crippen molar-refractivity contribution in [2.45, 2.75) is 56.4 Å². The summed E-state index contributed by atoms with van der Waals surface area (Å²) in [5.41, 5.74) is 1.48. The van der Waals surface area contributed by atoms with Gasteiger partial charge in [-0.15, -0.1) is 11.3 Å². The summed E-state index contributed by atoms with van der Waals surface area (Å²) in [6, 6.07) is 3.47. The molecule has 100 valence electrons. The summed E-state index contributed by atoms with van der Waals surface area (Å²) in [6.07, 6.45) is 6.56. The monoisotopic (exact) mass is 301 g/mol. The normalized spacial score (nSPS) is 30.9. The van der Waals surface area contributed by atoms with Gasteiger partial charge in [0.25, 0.3) is 0 Å². The summed E-state index contributed by atoms with van der Waals surface area (Å²) in [5, 5.41) is 4.76. The zero-order valence-corrected chi connectivity index (χ0v) is 13.1. The lowest BCUT2D eigenvalue weighted by Gasteiger charge is -2.19. The number of hydrogen-bond donors (Lipinski definition) is 1. The second-order valence-corrected chi connectivity index (χ2v) is 8.62. The average Bonchev–Trinajstić information content (AvgIpc) is 2.99. The largest absolute Gasteiger partial charge is 0.307 e. The average molecular weight is 302 g/mol. The molecule has 1 N–H and O–H groups in total. The summed E-state index contributed by atoms with van der Waals surface area (Å²) < 4.78 is 0.956. The molecule has 18 heavy (non-hydrogen) atoms. The first kappa shape index (κ1) is 13.3. The van der Waals surface area contributed by atoms with Crippen LogP contribution in [-0.2, 0) is 6.42 Å². The number of nitrogens with one attached hydrogen (secondary N) is 1. The molecule has 0 saturated heterocycles. The zero-order chi connectivity index (χ0) is 12.5. The van der Waals surface area contributed by atoms with Crippen molar-refractivity contribution in [2.75, 3.05) is 5.75 Å². The van der Waals surface area contributed by atoms with E-state index in [-0.39, 0.29) is 0 Å². The molecular weight excluding hydrogens is 282 g/mol. The minimum absolute atomic E-state index is 0.569. The van der Waals surface area contributed by atoms with Gasteiger partial charge in [0.1, 0.15) is 0 Å². The maximum absolute atomic E-state index is 6.11. The predicted molar refractivity (Wildman–Crippen MR) is 83.1 cm³/mol. The van der Waals surface area contributed by atoms with Crippen LogP contribution in [0.4, 0.5) is 0 Å². The van der Waals surface area contributed by atoms with Gasteiger partial charge in [0.15, 0.2) is 0 Å². The topological polar surface area (TPSA) is 12.0 Å². The van der Waals surface area contributed by atoms with E-state index in [0.29, 0.717) is 6.04 Å². The minimum Gasteiger partial charge on any atom is -0.307 e. The highest BCUT2D eigenvalue weighted by Crippen LogP contribution is 2.40. The Morgan fingerprint density at radius 3 is 3.17 bits per heavy atom. The van der Waals surface area contributed by atoms with E-state index in [1.54, 1.807) is 11.3 Å². The van der Waals surface area contributed by atoms with Crippen LogP contribution < -0.4 is 5.32 Å². The van der Waals surface area contributed by atoms with Gasteiger partial charge in [0.05, 0.1) is 4.34 Å². The molecule has 1 aromatic rings. The van der Waals surface area contributed by atoms with Crippen molar-refractivity contribution >= 4 is 34.7 Å². The highest BCUT2D eigenvalue weighted by Gasteiger charge is 2.30. The first-order valence-corrected chi connectivity index (χ1v) is 9.16. The van der Waals surface area contributed by atoms with Crippen LogP contribution in [0, 0.1) is 0 Å². The molecule has 2 aliphatic carbocycles. The fourth-order valence-corrected chi connectivity index (χ4v) is 5.77. The van der Waals surface area contributed by atoms with Crippen LogP contribution in [-0.4, -0.2) is 17.0 Å². The van der Waals surface area contributed by atoms with Crippen molar-refractivity contribution in [3.8, 4) is 0 Å². The van der Waals surface area contributed by atoms with Gasteiger partial charge in [-0.1, -0.05) is 18.5 Å². The van der Waals surface area contributed by atoms with Crippen LogP contribution in [0.3, 0.4) is 0 Å². The van der Waals surface area contributed by atoms with Gasteiger partial charge in [0.2, 0.25) is 0 Å². The van der Waals surface area contributed by atoms with Crippen LogP contribution in [0.5, 0.6) is 0 Å². The van der Waals surface area contributed by atoms with Crippen LogP contribution in [0.15, 0.2) is 6.07 Å². The zero-order valence-electron chi connectivity index (χ0n) is 10.7. The Labute approximate surface area is 123 Å². The van der Waals surface area contributed by atoms with Crippen LogP contribution in [0.2, 0.25) is 4.34 Å². The lowest BCUT2D eigenvalue weighted by atomic mass is 10.1. The molecule has 0 aliphatic heterocycles. The van der Waals surface area contributed by atoms with Crippen LogP contribution in [0.25, 0.3) is 0 Å². The molecule has 0 aromatic carbocycles. The second kappa shape index (κ2) is 5.74. The van der Waals surface area contributed by atoms with E-state index in [1.807, 2.05) is 0 Å². The highest BCUT2D eigenvalue weighted by molar-refractivity contribution is 7.99. The smallest absolute Gasteiger partial charge is 0.0934 e. The molecule has 3 atom stereocenters. The Kier molecular flexibility index (Phi) is 4.24. The Hall–Kier alpha value is 0.300. The van der Waals surface area contributed by atoms with Crippen molar-refractivity contribution in [3.05, 3.63) is 20.8 Å². The van der Waals surface area contributed by atoms with E-state index in [0.717, 1.165) is 15.6 Å². The molecule has 0 spiro atoms. The molecule has 3 rings (SSSR count). The number of thioether (sulfide) groups is 1. The molecule has 4 heteroatoms. The lowest BCUT2D eigenvalue weighted by molar-refractivity contribution is 0.438. The molecular formula is C14H20ClNS2. The summed E-state index contributed by atoms with van der Waals surface area (Å²) in [6.45, 7) is 2.27. The number of rotatable bonds is 4. The first-order valence-electron chi connectivity index (χ1n) is 6.92. The molecule has 1 heterocycles. The van der Waals surface area contributed by atoms with Crippen LogP contribution in [0.1, 0.15) is 49.1 Å². The van der Waals surface area contributed by atoms with E-state index < -0.39 is 0 Å². The minimum atomic E-state index is 0.569. The maximum Gasteiger partial charge on any atom is 0.0934 e. The molecule has 0 amide bonds. The molecule has 1 nitrogen and oxygen atoms in total. The van der Waals surface area contributed by atoms with E-state index >= 15 is 0 Å². The van der Waals surface area contributed by atoms with Gasteiger partial charge < -0.3 is 5.32 Å². The fraction of sp³-hybridized carbons (Fsp3) is 0.714. The molecule has 0 radical (unpaired) electrons. The number of thiophene rings is 1. The number of halogens is 1. The van der Waals surface area contributed by atoms with E-state index in [4.69, 9.17) is 11.6 Å². The molecule has 1 fully saturated rings. The quantitative estimate of drug-likeness (QED) is 0.868. The fourth-order valence-electron chi connectivity index (χ4n) is 3.27. The summed E-state index contributed by atoms with van der Waals surface area (Å²) >= 11 is 10.0. The van der Waals surface area contributed by atoms with Gasteiger partial charge in [-0.05, 0) is 49.5 Å². The van der Waals surface area contributed by atoms with Crippen molar-refractivity contribution in [3.63, 3.8) is 0 Å². The molecule has 3 unspecified atom stereocenters. The van der Waals surface area contributed by atoms with E-state index in [9.17, 15) is 0 Å². The Bertz CT molecular complexity index is 418. The molecule has 0 bridgehead atoms. The van der Waals surface area contributed by atoms with Crippen molar-refractivity contribution in [1.29, 1.82) is 0 Å². The molecule has 1 saturated carbocycles. The van der Waals surface area contributed by atoms with Crippen molar-refractivity contribution < 1.29 is 0 Å². The Morgan fingerprint density at radius 1 is 1.44 bits per heavy atom. The third-order valence-electron chi connectivity index (χ3n) is 4.07. The Morgan fingerprint density at radius 2 is 2.33 bits per heavy atom. The number of fused-ring (bicyclic) bond motifs is 1. The maximum atomic E-state index is 6.11. The van der Waals surface area contributed by atoms with Gasteiger partial charge in [0, 0.05) is 22.2 Å². The van der Waals surface area contributed by atoms with E-state index in [1.165, 1.54) is 48.3 Å². The standard InChI is InChI=1S/C14H20ClNS2/c1-2-17-10-4-3-9(7-10)16-12-5-6-13-11(12)8-14(15)18-13/h8-10,12,16H,2-7H2,1H3. The highest BCUT2D eigenvalue weighted by atomic mass is 35.5. The van der Waals surface area contributed by atoms with Gasteiger partial charge in [-0.2, -0.15) is 11.8 Å². The third kappa shape index (κ3) is 2.74. The lowest BCUT2D eigenvalue weighted by Crippen LogP contribution is -2.29. The van der Waals surface area contributed by atoms with Crippen molar-refractivity contribution in [1.82, 2.24) is 5.32 Å². The number of hydrogen-bond acceptors (Lipinski definition) is 3. The van der Waals surface area contributed by atoms with Gasteiger partial charge >= 0.3 is 0 Å².